The fourth-order valence-corrected chi connectivity index (χ4v) is 2.43. The van der Waals surface area contributed by atoms with E-state index in [9.17, 15) is 4.79 Å². The predicted molar refractivity (Wildman–Crippen MR) is 94.3 cm³/mol. The third kappa shape index (κ3) is 4.13. The molecule has 1 heterocycles. The Morgan fingerprint density at radius 2 is 2.08 bits per heavy atom. The van der Waals surface area contributed by atoms with E-state index in [-0.39, 0.29) is 12.0 Å². The van der Waals surface area contributed by atoms with E-state index >= 15 is 0 Å². The van der Waals surface area contributed by atoms with Crippen LogP contribution >= 0.6 is 11.6 Å². The standard InChI is InChI=1S/C17H16ClN5O2/c1-11(2)25-16-7-6-13(9-15(16)18)20-17(24)12-4-3-5-14(8-12)23-10-19-21-22-23/h3-11H,1-2H3,(H,20,24). The first-order valence-corrected chi connectivity index (χ1v) is 8.02. The zero-order valence-electron chi connectivity index (χ0n) is 13.7. The van der Waals surface area contributed by atoms with Crippen LogP contribution in [0.1, 0.15) is 24.2 Å². The quantitative estimate of drug-likeness (QED) is 0.757. The number of nitrogens with one attached hydrogen (secondary N) is 1. The van der Waals surface area contributed by atoms with Crippen molar-refractivity contribution in [2.24, 2.45) is 0 Å². The van der Waals surface area contributed by atoms with Crippen LogP contribution in [0, 0.1) is 0 Å². The Morgan fingerprint density at radius 3 is 2.76 bits per heavy atom. The summed E-state index contributed by atoms with van der Waals surface area (Å²) in [5.74, 6) is 0.318. The summed E-state index contributed by atoms with van der Waals surface area (Å²) in [5, 5.41) is 14.2. The maximum absolute atomic E-state index is 12.5. The molecule has 0 radical (unpaired) electrons. The van der Waals surface area contributed by atoms with Gasteiger partial charge < -0.3 is 10.1 Å². The second-order valence-corrected chi connectivity index (χ2v) is 5.98. The Balaban J connectivity index is 1.76. The van der Waals surface area contributed by atoms with Crippen molar-refractivity contribution in [2.75, 3.05) is 5.32 Å². The lowest BCUT2D eigenvalue weighted by molar-refractivity contribution is 0.102. The molecule has 1 N–H and O–H groups in total. The molecule has 0 bridgehead atoms. The van der Waals surface area contributed by atoms with E-state index in [0.29, 0.717) is 27.7 Å². The molecular weight excluding hydrogens is 342 g/mol. The summed E-state index contributed by atoms with van der Waals surface area (Å²) in [6, 6.07) is 12.1. The maximum atomic E-state index is 12.5. The number of carbonyl (C=O) groups is 1. The first-order chi connectivity index (χ1) is 12.0. The average Bonchev–Trinajstić information content (AvgIpc) is 3.12. The minimum Gasteiger partial charge on any atom is -0.489 e. The monoisotopic (exact) mass is 357 g/mol. The van der Waals surface area contributed by atoms with E-state index in [1.807, 2.05) is 19.9 Å². The number of nitrogens with zero attached hydrogens (tertiary/aromatic N) is 4. The molecule has 8 heteroatoms. The van der Waals surface area contributed by atoms with E-state index in [4.69, 9.17) is 16.3 Å². The maximum Gasteiger partial charge on any atom is 0.255 e. The van der Waals surface area contributed by atoms with E-state index in [0.717, 1.165) is 0 Å². The van der Waals surface area contributed by atoms with Crippen molar-refractivity contribution in [3.8, 4) is 11.4 Å². The summed E-state index contributed by atoms with van der Waals surface area (Å²) in [5.41, 5.74) is 1.75. The lowest BCUT2D eigenvalue weighted by Crippen LogP contribution is -2.13. The van der Waals surface area contributed by atoms with Crippen LogP contribution in [0.25, 0.3) is 5.69 Å². The van der Waals surface area contributed by atoms with Crippen molar-refractivity contribution in [3.05, 3.63) is 59.4 Å². The van der Waals surface area contributed by atoms with Crippen LogP contribution in [0.15, 0.2) is 48.8 Å². The van der Waals surface area contributed by atoms with Gasteiger partial charge in [-0.15, -0.1) is 5.10 Å². The van der Waals surface area contributed by atoms with Gasteiger partial charge in [0.05, 0.1) is 16.8 Å². The Labute approximate surface area is 149 Å². The number of aromatic nitrogens is 4. The highest BCUT2D eigenvalue weighted by Crippen LogP contribution is 2.28. The second kappa shape index (κ2) is 7.31. The van der Waals surface area contributed by atoms with Gasteiger partial charge in [0.1, 0.15) is 12.1 Å². The summed E-state index contributed by atoms with van der Waals surface area (Å²) in [7, 11) is 0. The van der Waals surface area contributed by atoms with Crippen molar-refractivity contribution < 1.29 is 9.53 Å². The number of hydrogen-bond donors (Lipinski definition) is 1. The molecule has 0 atom stereocenters. The van der Waals surface area contributed by atoms with Crippen LogP contribution in [-0.2, 0) is 0 Å². The summed E-state index contributed by atoms with van der Waals surface area (Å²) in [6.45, 7) is 3.84. The number of benzene rings is 2. The van der Waals surface area contributed by atoms with Crippen LogP contribution in [-0.4, -0.2) is 32.2 Å². The Kier molecular flexibility index (Phi) is 4.95. The molecule has 1 amide bonds. The van der Waals surface area contributed by atoms with E-state index < -0.39 is 0 Å². The van der Waals surface area contributed by atoms with E-state index in [1.54, 1.807) is 36.4 Å². The lowest BCUT2D eigenvalue weighted by atomic mass is 10.2. The van der Waals surface area contributed by atoms with Crippen LogP contribution in [0.3, 0.4) is 0 Å². The average molecular weight is 358 g/mol. The largest absolute Gasteiger partial charge is 0.489 e. The lowest BCUT2D eigenvalue weighted by Gasteiger charge is -2.13. The van der Waals surface area contributed by atoms with Gasteiger partial charge in [0.15, 0.2) is 0 Å². The Morgan fingerprint density at radius 1 is 1.24 bits per heavy atom. The SMILES string of the molecule is CC(C)Oc1ccc(NC(=O)c2cccc(-n3cnnn3)c2)cc1Cl. The molecule has 25 heavy (non-hydrogen) atoms. The first kappa shape index (κ1) is 16.9. The number of tetrazole rings is 1. The van der Waals surface area contributed by atoms with Crippen molar-refractivity contribution in [2.45, 2.75) is 20.0 Å². The highest BCUT2D eigenvalue weighted by Gasteiger charge is 2.10. The number of anilines is 1. The van der Waals surface area contributed by atoms with Gasteiger partial charge in [0.25, 0.3) is 5.91 Å². The zero-order valence-corrected chi connectivity index (χ0v) is 14.4. The van der Waals surface area contributed by atoms with Gasteiger partial charge in [0.2, 0.25) is 0 Å². The molecule has 1 aromatic heterocycles. The fraction of sp³-hybridized carbons (Fsp3) is 0.176. The molecule has 0 unspecified atom stereocenters. The van der Waals surface area contributed by atoms with Crippen LogP contribution in [0.2, 0.25) is 5.02 Å². The molecule has 3 rings (SSSR count). The number of halogens is 1. The number of ether oxygens (including phenoxy) is 1. The number of hydrogen-bond acceptors (Lipinski definition) is 5. The number of rotatable bonds is 5. The number of amides is 1. The minimum atomic E-state index is -0.261. The molecule has 3 aromatic rings. The molecule has 128 valence electrons. The van der Waals surface area contributed by atoms with Crippen molar-refractivity contribution >= 4 is 23.2 Å². The van der Waals surface area contributed by atoms with Gasteiger partial charge in [-0.05, 0) is 60.7 Å². The molecule has 0 spiro atoms. The normalized spacial score (nSPS) is 10.7. The van der Waals surface area contributed by atoms with Crippen LogP contribution < -0.4 is 10.1 Å². The Bertz CT molecular complexity index is 881. The number of carbonyl (C=O) groups excluding carboxylic acids is 1. The van der Waals surface area contributed by atoms with Crippen LogP contribution in [0.4, 0.5) is 5.69 Å². The van der Waals surface area contributed by atoms with E-state index in [1.165, 1.54) is 11.0 Å². The van der Waals surface area contributed by atoms with Gasteiger partial charge in [-0.2, -0.15) is 0 Å². The van der Waals surface area contributed by atoms with E-state index in [2.05, 4.69) is 20.8 Å². The summed E-state index contributed by atoms with van der Waals surface area (Å²) < 4.78 is 7.06. The van der Waals surface area contributed by atoms with Gasteiger partial charge in [0, 0.05) is 11.3 Å². The molecule has 0 saturated carbocycles. The van der Waals surface area contributed by atoms with Gasteiger partial charge in [-0.3, -0.25) is 4.79 Å². The minimum absolute atomic E-state index is 0.0203. The summed E-state index contributed by atoms with van der Waals surface area (Å²) >= 11 is 6.19. The molecule has 7 nitrogen and oxygen atoms in total. The van der Waals surface area contributed by atoms with Gasteiger partial charge in [-0.25, -0.2) is 4.68 Å². The van der Waals surface area contributed by atoms with Crippen LogP contribution in [0.5, 0.6) is 5.75 Å². The molecule has 0 aliphatic carbocycles. The molecule has 2 aromatic carbocycles. The smallest absolute Gasteiger partial charge is 0.255 e. The van der Waals surface area contributed by atoms with Gasteiger partial charge >= 0.3 is 0 Å². The van der Waals surface area contributed by atoms with Crippen molar-refractivity contribution in [1.29, 1.82) is 0 Å². The Hall–Kier alpha value is -2.93. The second-order valence-electron chi connectivity index (χ2n) is 5.57. The van der Waals surface area contributed by atoms with Crippen molar-refractivity contribution in [1.82, 2.24) is 20.2 Å². The zero-order chi connectivity index (χ0) is 17.8. The summed E-state index contributed by atoms with van der Waals surface area (Å²) in [4.78, 5) is 12.5. The highest BCUT2D eigenvalue weighted by molar-refractivity contribution is 6.32. The third-order valence-corrected chi connectivity index (χ3v) is 3.57. The molecule has 0 fully saturated rings. The topological polar surface area (TPSA) is 81.9 Å². The highest BCUT2D eigenvalue weighted by atomic mass is 35.5. The van der Waals surface area contributed by atoms with Gasteiger partial charge in [-0.1, -0.05) is 17.7 Å². The molecule has 0 aliphatic heterocycles. The third-order valence-electron chi connectivity index (χ3n) is 3.27. The first-order valence-electron chi connectivity index (χ1n) is 7.64. The molecule has 0 aliphatic rings. The summed E-state index contributed by atoms with van der Waals surface area (Å²) in [6.07, 6.45) is 1.48. The fourth-order valence-electron chi connectivity index (χ4n) is 2.20. The molecule has 0 saturated heterocycles. The molecular formula is C17H16ClN5O2. The predicted octanol–water partition coefficient (Wildman–Crippen LogP) is 3.36. The van der Waals surface area contributed by atoms with Crippen molar-refractivity contribution in [3.63, 3.8) is 0 Å².